The molecule has 1 aromatic heterocycles. The van der Waals surface area contributed by atoms with E-state index in [1.165, 1.54) is 0 Å². The molecule has 1 aromatic carbocycles. The summed E-state index contributed by atoms with van der Waals surface area (Å²) in [4.78, 5) is 34.1. The number of para-hydroxylation sites is 1. The van der Waals surface area contributed by atoms with E-state index < -0.39 is 6.04 Å². The molecule has 2 aromatic rings. The van der Waals surface area contributed by atoms with Gasteiger partial charge in [-0.3, -0.25) is 19.5 Å². The van der Waals surface area contributed by atoms with Gasteiger partial charge < -0.3 is 10.2 Å². The second-order valence-corrected chi connectivity index (χ2v) is 7.65. The number of benzene rings is 1. The lowest BCUT2D eigenvalue weighted by atomic mass is 9.93. The summed E-state index contributed by atoms with van der Waals surface area (Å²) in [5.41, 5.74) is 2.16. The molecule has 6 nitrogen and oxygen atoms in total. The molecule has 2 amide bonds. The van der Waals surface area contributed by atoms with Gasteiger partial charge in [-0.05, 0) is 17.5 Å². The molecule has 27 heavy (non-hydrogen) atoms. The van der Waals surface area contributed by atoms with Crippen LogP contribution in [0.15, 0.2) is 36.5 Å². The van der Waals surface area contributed by atoms with Crippen molar-refractivity contribution in [2.45, 2.75) is 38.9 Å². The predicted molar refractivity (Wildman–Crippen MR) is 104 cm³/mol. The predicted octanol–water partition coefficient (Wildman–Crippen LogP) is 1.79. The van der Waals surface area contributed by atoms with Crippen molar-refractivity contribution in [3.05, 3.63) is 42.1 Å². The molecule has 0 radical (unpaired) electrons. The van der Waals surface area contributed by atoms with Crippen LogP contribution in [0.25, 0.3) is 10.9 Å². The van der Waals surface area contributed by atoms with Gasteiger partial charge in [0.2, 0.25) is 11.8 Å². The minimum atomic E-state index is -0.394. The van der Waals surface area contributed by atoms with Crippen LogP contribution in [0.2, 0.25) is 0 Å². The Morgan fingerprint density at radius 2 is 2.04 bits per heavy atom. The van der Waals surface area contributed by atoms with Gasteiger partial charge in [-0.25, -0.2) is 0 Å². The first-order chi connectivity index (χ1) is 13.1. The second kappa shape index (κ2) is 7.27. The minimum absolute atomic E-state index is 0.0272. The molecule has 0 spiro atoms. The van der Waals surface area contributed by atoms with Crippen LogP contribution < -0.4 is 5.32 Å². The van der Waals surface area contributed by atoms with Gasteiger partial charge in [-0.1, -0.05) is 44.5 Å². The molecular formula is C21H26N4O2. The van der Waals surface area contributed by atoms with Gasteiger partial charge in [0, 0.05) is 37.8 Å². The Balaban J connectivity index is 1.50. The fraction of sp³-hybridized carbons (Fsp3) is 0.476. The van der Waals surface area contributed by atoms with Crippen LogP contribution in [-0.4, -0.2) is 58.3 Å². The summed E-state index contributed by atoms with van der Waals surface area (Å²) < 4.78 is 0. The van der Waals surface area contributed by atoms with Crippen molar-refractivity contribution in [2.75, 3.05) is 19.6 Å². The van der Waals surface area contributed by atoms with E-state index in [1.807, 2.05) is 32.2 Å². The van der Waals surface area contributed by atoms with E-state index in [9.17, 15) is 9.59 Å². The van der Waals surface area contributed by atoms with Crippen molar-refractivity contribution < 1.29 is 9.59 Å². The molecule has 142 valence electrons. The van der Waals surface area contributed by atoms with E-state index >= 15 is 0 Å². The molecule has 2 aliphatic rings. The highest BCUT2D eigenvalue weighted by Crippen LogP contribution is 2.23. The van der Waals surface area contributed by atoms with Crippen LogP contribution in [0.4, 0.5) is 0 Å². The third-order valence-corrected chi connectivity index (χ3v) is 5.94. The maximum atomic E-state index is 12.8. The lowest BCUT2D eigenvalue weighted by Gasteiger charge is -2.46. The topological polar surface area (TPSA) is 65.5 Å². The van der Waals surface area contributed by atoms with E-state index in [-0.39, 0.29) is 23.8 Å². The average Bonchev–Trinajstić information content (AvgIpc) is 2.70. The van der Waals surface area contributed by atoms with E-state index in [0.717, 1.165) is 36.0 Å². The smallest absolute Gasteiger partial charge is 0.246 e. The van der Waals surface area contributed by atoms with Crippen molar-refractivity contribution >= 4 is 22.7 Å². The van der Waals surface area contributed by atoms with E-state index in [2.05, 4.69) is 33.4 Å². The van der Waals surface area contributed by atoms with Gasteiger partial charge in [0.05, 0.1) is 5.52 Å². The second-order valence-electron chi connectivity index (χ2n) is 7.65. The van der Waals surface area contributed by atoms with E-state index in [1.54, 1.807) is 4.90 Å². The lowest BCUT2D eigenvalue weighted by Crippen LogP contribution is -2.70. The van der Waals surface area contributed by atoms with Gasteiger partial charge in [0.15, 0.2) is 0 Å². The Bertz CT molecular complexity index is 863. The van der Waals surface area contributed by atoms with Gasteiger partial charge in [-0.15, -0.1) is 0 Å². The molecule has 2 saturated heterocycles. The summed E-state index contributed by atoms with van der Waals surface area (Å²) in [5.74, 6) is 0.197. The molecule has 6 heteroatoms. The highest BCUT2D eigenvalue weighted by molar-refractivity contribution is 5.97. The number of fused-ring (bicyclic) bond motifs is 2. The number of carbonyl (C=O) groups is 2. The summed E-state index contributed by atoms with van der Waals surface area (Å²) in [6, 6.07) is 9.42. The number of amides is 2. The normalized spacial score (nSPS) is 24.6. The number of nitrogens with zero attached hydrogens (tertiary/aromatic N) is 3. The largest absolute Gasteiger partial charge is 0.342 e. The highest BCUT2D eigenvalue weighted by atomic mass is 16.2. The monoisotopic (exact) mass is 366 g/mol. The zero-order valence-electron chi connectivity index (χ0n) is 15.9. The Labute approximate surface area is 159 Å². The Hall–Kier alpha value is -2.47. The van der Waals surface area contributed by atoms with Gasteiger partial charge in [-0.2, -0.15) is 0 Å². The summed E-state index contributed by atoms with van der Waals surface area (Å²) >= 11 is 0. The van der Waals surface area contributed by atoms with Crippen molar-refractivity contribution in [3.8, 4) is 0 Å². The molecule has 1 N–H and O–H groups in total. The molecule has 0 unspecified atom stereocenters. The molecule has 2 aliphatic heterocycles. The van der Waals surface area contributed by atoms with Gasteiger partial charge in [0.25, 0.3) is 0 Å². The molecule has 2 fully saturated rings. The number of carbonyl (C=O) groups excluding carboxylic acids is 2. The first-order valence-corrected chi connectivity index (χ1v) is 9.74. The molecular weight excluding hydrogens is 340 g/mol. The van der Waals surface area contributed by atoms with Crippen LogP contribution in [-0.2, 0) is 16.1 Å². The first kappa shape index (κ1) is 17.9. The van der Waals surface area contributed by atoms with Crippen LogP contribution in [0.1, 0.15) is 25.8 Å². The molecule has 3 heterocycles. The first-order valence-electron chi connectivity index (χ1n) is 9.74. The minimum Gasteiger partial charge on any atom is -0.342 e. The number of aromatic nitrogens is 1. The molecule has 0 saturated carbocycles. The third kappa shape index (κ3) is 3.30. The quantitative estimate of drug-likeness (QED) is 0.896. The Kier molecular flexibility index (Phi) is 4.83. The van der Waals surface area contributed by atoms with Crippen LogP contribution >= 0.6 is 0 Å². The van der Waals surface area contributed by atoms with Crippen LogP contribution in [0.5, 0.6) is 0 Å². The van der Waals surface area contributed by atoms with Crippen LogP contribution in [0.3, 0.4) is 0 Å². The SMILES string of the molecule is CC[C@H](C)[C@@H]1NC(=O)[C@H]2CN(Cc3cccc4cccnc34)CCN2C1=O. The standard InChI is InChI=1S/C21H26N4O2/c1-3-14(2)18-21(27)25-11-10-24(13-17(25)20(26)23-18)12-16-7-4-6-15-8-5-9-22-19(15)16/h4-9,14,17-18H,3,10-13H2,1-2H3,(H,23,26)/t14-,17+,18-/m0/s1. The molecule has 3 atom stereocenters. The number of piperazine rings is 2. The number of hydrogen-bond acceptors (Lipinski definition) is 4. The fourth-order valence-corrected chi connectivity index (χ4v) is 4.12. The number of rotatable bonds is 4. The lowest BCUT2D eigenvalue weighted by molar-refractivity contribution is -0.154. The van der Waals surface area contributed by atoms with Crippen molar-refractivity contribution in [2.24, 2.45) is 5.92 Å². The third-order valence-electron chi connectivity index (χ3n) is 5.94. The number of pyridine rings is 1. The van der Waals surface area contributed by atoms with Crippen molar-refractivity contribution in [1.82, 2.24) is 20.1 Å². The summed E-state index contributed by atoms with van der Waals surface area (Å²) in [6.45, 7) is 6.73. The van der Waals surface area contributed by atoms with Crippen molar-refractivity contribution in [3.63, 3.8) is 0 Å². The van der Waals surface area contributed by atoms with Gasteiger partial charge in [0.1, 0.15) is 12.1 Å². The highest BCUT2D eigenvalue weighted by Gasteiger charge is 2.44. The van der Waals surface area contributed by atoms with Gasteiger partial charge >= 0.3 is 0 Å². The van der Waals surface area contributed by atoms with E-state index in [0.29, 0.717) is 13.1 Å². The van der Waals surface area contributed by atoms with Crippen molar-refractivity contribution in [1.29, 1.82) is 0 Å². The average molecular weight is 366 g/mol. The fourth-order valence-electron chi connectivity index (χ4n) is 4.12. The van der Waals surface area contributed by atoms with E-state index in [4.69, 9.17) is 0 Å². The van der Waals surface area contributed by atoms with Crippen LogP contribution in [0, 0.1) is 5.92 Å². The summed E-state index contributed by atoms with van der Waals surface area (Å²) in [6.07, 6.45) is 2.68. The molecule has 0 aliphatic carbocycles. The maximum absolute atomic E-state index is 12.8. The zero-order chi connectivity index (χ0) is 19.0. The maximum Gasteiger partial charge on any atom is 0.246 e. The summed E-state index contributed by atoms with van der Waals surface area (Å²) in [7, 11) is 0. The number of nitrogens with one attached hydrogen (secondary N) is 1. The Morgan fingerprint density at radius 3 is 2.85 bits per heavy atom. The molecule has 4 rings (SSSR count). The number of hydrogen-bond donors (Lipinski definition) is 1. The molecule has 0 bridgehead atoms. The Morgan fingerprint density at radius 1 is 1.22 bits per heavy atom. The summed E-state index contributed by atoms with van der Waals surface area (Å²) in [5, 5.41) is 4.08. The zero-order valence-corrected chi connectivity index (χ0v) is 15.9.